The summed E-state index contributed by atoms with van der Waals surface area (Å²) in [7, 11) is 1.96. The molecule has 0 amide bonds. The van der Waals surface area contributed by atoms with Crippen molar-refractivity contribution in [2.45, 2.75) is 32.5 Å². The van der Waals surface area contributed by atoms with Gasteiger partial charge in [0.25, 0.3) is 0 Å². The highest BCUT2D eigenvalue weighted by Gasteiger charge is 2.32. The number of aryl methyl sites for hydroxylation is 2. The molecule has 6 nitrogen and oxygen atoms in total. The molecule has 1 aliphatic heterocycles. The maximum absolute atomic E-state index is 6.05. The molecule has 0 fully saturated rings. The number of benzene rings is 1. The molecule has 26 heavy (non-hydrogen) atoms. The fourth-order valence-electron chi connectivity index (χ4n) is 3.53. The van der Waals surface area contributed by atoms with Crippen LogP contribution in [-0.2, 0) is 31.4 Å². The first-order valence-corrected chi connectivity index (χ1v) is 9.00. The number of hydrogen-bond acceptors (Lipinski definition) is 5. The molecular weight excluding hydrogens is 328 g/mol. The van der Waals surface area contributed by atoms with Crippen molar-refractivity contribution in [3.63, 3.8) is 0 Å². The van der Waals surface area contributed by atoms with E-state index in [1.807, 2.05) is 49.0 Å². The van der Waals surface area contributed by atoms with Gasteiger partial charge in [-0.25, -0.2) is 0 Å². The summed E-state index contributed by atoms with van der Waals surface area (Å²) in [5.74, 6) is 1.91. The molecule has 136 valence electrons. The van der Waals surface area contributed by atoms with Crippen molar-refractivity contribution in [1.29, 1.82) is 0 Å². The van der Waals surface area contributed by atoms with Crippen LogP contribution in [-0.4, -0.2) is 33.0 Å². The minimum absolute atomic E-state index is 0.0848. The van der Waals surface area contributed by atoms with Crippen molar-refractivity contribution in [3.05, 3.63) is 70.9 Å². The van der Waals surface area contributed by atoms with E-state index in [0.717, 1.165) is 36.7 Å². The lowest BCUT2D eigenvalue weighted by atomic mass is 10.0. The second kappa shape index (κ2) is 7.43. The van der Waals surface area contributed by atoms with Crippen LogP contribution in [0.5, 0.6) is 0 Å². The van der Waals surface area contributed by atoms with Crippen LogP contribution >= 0.6 is 0 Å². The van der Waals surface area contributed by atoms with E-state index in [1.54, 1.807) is 0 Å². The fraction of sp³-hybridized carbons (Fsp3) is 0.400. The molecule has 2 aromatic heterocycles. The lowest BCUT2D eigenvalue weighted by molar-refractivity contribution is 0.0360. The molecule has 1 aliphatic rings. The number of nitrogens with zero attached hydrogens (tertiary/aromatic N) is 4. The predicted molar refractivity (Wildman–Crippen MR) is 97.4 cm³/mol. The second-order valence-electron chi connectivity index (χ2n) is 6.79. The van der Waals surface area contributed by atoms with E-state index in [4.69, 9.17) is 9.15 Å². The van der Waals surface area contributed by atoms with Crippen LogP contribution in [0.4, 0.5) is 0 Å². The van der Waals surface area contributed by atoms with Gasteiger partial charge in [0, 0.05) is 20.0 Å². The molecule has 0 radical (unpaired) electrons. The topological polar surface area (TPSA) is 56.3 Å². The molecule has 0 unspecified atom stereocenters. The van der Waals surface area contributed by atoms with Crippen LogP contribution in [0.3, 0.4) is 0 Å². The molecule has 0 N–H and O–H groups in total. The number of fused-ring (bicyclic) bond motifs is 1. The largest absolute Gasteiger partial charge is 0.465 e. The Morgan fingerprint density at radius 1 is 1.19 bits per heavy atom. The van der Waals surface area contributed by atoms with Gasteiger partial charge in [-0.05, 0) is 24.6 Å². The summed E-state index contributed by atoms with van der Waals surface area (Å²) in [5, 5.41) is 8.64. The van der Waals surface area contributed by atoms with Crippen LogP contribution in [0.15, 0.2) is 46.9 Å². The SMILES string of the molecule is Cc1ccc(CN2CCc3c(nnn3C)[C@@H]2COCc2ccccc2)o1. The van der Waals surface area contributed by atoms with Crippen molar-refractivity contribution in [3.8, 4) is 0 Å². The third-order valence-electron chi connectivity index (χ3n) is 4.91. The molecule has 0 spiro atoms. The first-order valence-electron chi connectivity index (χ1n) is 9.00. The Morgan fingerprint density at radius 2 is 2.04 bits per heavy atom. The van der Waals surface area contributed by atoms with Gasteiger partial charge >= 0.3 is 0 Å². The Morgan fingerprint density at radius 3 is 2.81 bits per heavy atom. The zero-order chi connectivity index (χ0) is 17.9. The Balaban J connectivity index is 1.49. The van der Waals surface area contributed by atoms with Crippen LogP contribution in [0.25, 0.3) is 0 Å². The van der Waals surface area contributed by atoms with Crippen molar-refractivity contribution < 1.29 is 9.15 Å². The Hall–Kier alpha value is -2.44. The summed E-state index contributed by atoms with van der Waals surface area (Å²) in [6.45, 7) is 4.85. The Kier molecular flexibility index (Phi) is 4.86. The number of hydrogen-bond donors (Lipinski definition) is 0. The van der Waals surface area contributed by atoms with Crippen LogP contribution < -0.4 is 0 Å². The van der Waals surface area contributed by atoms with E-state index < -0.39 is 0 Å². The van der Waals surface area contributed by atoms with E-state index in [2.05, 4.69) is 27.3 Å². The highest BCUT2D eigenvalue weighted by atomic mass is 16.5. The van der Waals surface area contributed by atoms with Crippen molar-refractivity contribution in [2.24, 2.45) is 7.05 Å². The molecular formula is C20H24N4O2. The molecule has 0 saturated carbocycles. The smallest absolute Gasteiger partial charge is 0.118 e. The van der Waals surface area contributed by atoms with Gasteiger partial charge in [-0.1, -0.05) is 35.5 Å². The minimum Gasteiger partial charge on any atom is -0.465 e. The molecule has 3 aromatic rings. The first kappa shape index (κ1) is 17.0. The second-order valence-corrected chi connectivity index (χ2v) is 6.79. The van der Waals surface area contributed by atoms with Crippen LogP contribution in [0.2, 0.25) is 0 Å². The van der Waals surface area contributed by atoms with E-state index in [1.165, 1.54) is 11.3 Å². The fourth-order valence-corrected chi connectivity index (χ4v) is 3.53. The van der Waals surface area contributed by atoms with Gasteiger partial charge in [-0.3, -0.25) is 9.58 Å². The summed E-state index contributed by atoms with van der Waals surface area (Å²) in [6.07, 6.45) is 0.938. The van der Waals surface area contributed by atoms with Gasteiger partial charge in [0.05, 0.1) is 31.5 Å². The van der Waals surface area contributed by atoms with Gasteiger partial charge in [0.1, 0.15) is 17.2 Å². The first-order chi connectivity index (χ1) is 12.7. The maximum atomic E-state index is 6.05. The zero-order valence-electron chi connectivity index (χ0n) is 15.3. The average Bonchev–Trinajstić information content (AvgIpc) is 3.23. The standard InChI is InChI=1S/C20H24N4O2/c1-15-8-9-17(26-15)12-24-11-10-18-20(21-22-23(18)2)19(24)14-25-13-16-6-4-3-5-7-16/h3-9,19H,10-14H2,1-2H3/t19-/m0/s1. The minimum atomic E-state index is 0.0848. The molecule has 1 aromatic carbocycles. The summed E-state index contributed by atoms with van der Waals surface area (Å²) in [5.41, 5.74) is 3.40. The molecule has 3 heterocycles. The van der Waals surface area contributed by atoms with Gasteiger partial charge < -0.3 is 9.15 Å². The van der Waals surface area contributed by atoms with E-state index >= 15 is 0 Å². The van der Waals surface area contributed by atoms with Gasteiger partial charge in [-0.2, -0.15) is 0 Å². The molecule has 0 aliphatic carbocycles. The third kappa shape index (κ3) is 3.57. The van der Waals surface area contributed by atoms with E-state index in [-0.39, 0.29) is 6.04 Å². The number of aromatic nitrogens is 3. The molecule has 4 rings (SSSR count). The summed E-state index contributed by atoms with van der Waals surface area (Å²) in [4.78, 5) is 2.38. The highest BCUT2D eigenvalue weighted by molar-refractivity contribution is 5.20. The zero-order valence-corrected chi connectivity index (χ0v) is 15.3. The molecule has 0 saturated heterocycles. The van der Waals surface area contributed by atoms with Gasteiger partial charge in [0.2, 0.25) is 0 Å². The van der Waals surface area contributed by atoms with Crippen LogP contribution in [0, 0.1) is 6.92 Å². The Bertz CT molecular complexity index is 856. The molecule has 0 bridgehead atoms. The van der Waals surface area contributed by atoms with Crippen molar-refractivity contribution >= 4 is 0 Å². The predicted octanol–water partition coefficient (Wildman–Crippen LogP) is 3.03. The average molecular weight is 352 g/mol. The normalized spacial score (nSPS) is 17.4. The number of rotatable bonds is 6. The summed E-state index contributed by atoms with van der Waals surface area (Å²) < 4.78 is 13.7. The lowest BCUT2D eigenvalue weighted by Crippen LogP contribution is -2.38. The van der Waals surface area contributed by atoms with Crippen molar-refractivity contribution in [1.82, 2.24) is 19.9 Å². The molecule has 1 atom stereocenters. The number of ether oxygens (including phenoxy) is 1. The van der Waals surface area contributed by atoms with Gasteiger partial charge in [-0.15, -0.1) is 5.10 Å². The van der Waals surface area contributed by atoms with Crippen LogP contribution in [0.1, 0.15) is 34.5 Å². The summed E-state index contributed by atoms with van der Waals surface area (Å²) in [6, 6.07) is 14.4. The third-order valence-corrected chi connectivity index (χ3v) is 4.91. The maximum Gasteiger partial charge on any atom is 0.118 e. The van der Waals surface area contributed by atoms with Crippen molar-refractivity contribution in [2.75, 3.05) is 13.2 Å². The lowest BCUT2D eigenvalue weighted by Gasteiger charge is -2.33. The number of furan rings is 1. The van der Waals surface area contributed by atoms with E-state index in [9.17, 15) is 0 Å². The highest BCUT2D eigenvalue weighted by Crippen LogP contribution is 2.30. The monoisotopic (exact) mass is 352 g/mol. The van der Waals surface area contributed by atoms with E-state index in [0.29, 0.717) is 13.2 Å². The molecule has 6 heteroatoms. The van der Waals surface area contributed by atoms with Gasteiger partial charge in [0.15, 0.2) is 0 Å². The quantitative estimate of drug-likeness (QED) is 0.682. The Labute approximate surface area is 153 Å². The summed E-state index contributed by atoms with van der Waals surface area (Å²) >= 11 is 0.